The van der Waals surface area contributed by atoms with Crippen LogP contribution in [0.2, 0.25) is 0 Å². The van der Waals surface area contributed by atoms with Crippen LogP contribution in [0.3, 0.4) is 0 Å². The van der Waals surface area contributed by atoms with Crippen LogP contribution in [0, 0.1) is 6.92 Å². The van der Waals surface area contributed by atoms with Crippen molar-refractivity contribution >= 4 is 15.9 Å². The topological polar surface area (TPSA) is 75.7 Å². The molecule has 148 valence electrons. The molecule has 1 fully saturated rings. The van der Waals surface area contributed by atoms with Crippen molar-refractivity contribution in [3.8, 4) is 0 Å². The molecule has 7 heteroatoms. The van der Waals surface area contributed by atoms with Crippen molar-refractivity contribution in [2.24, 2.45) is 0 Å². The number of hydrogen-bond donors (Lipinski definition) is 1. The first kappa shape index (κ1) is 20.3. The smallest absolute Gasteiger partial charge is 0.246 e. The molecule has 0 saturated carbocycles. The number of ether oxygens (including phenoxy) is 1. The van der Waals surface area contributed by atoms with Crippen LogP contribution in [0.25, 0.3) is 0 Å². The van der Waals surface area contributed by atoms with Gasteiger partial charge >= 0.3 is 0 Å². The molecule has 0 radical (unpaired) electrons. The maximum atomic E-state index is 12.7. The molecule has 0 aromatic heterocycles. The van der Waals surface area contributed by atoms with Gasteiger partial charge in [-0.15, -0.1) is 0 Å². The SMILES string of the molecule is C=CC(=O)N1C[C@@H](NS(=O)(=O)c2ccccc2)[C@H](OCc2cccc(C)c2)C1. The molecule has 0 bridgehead atoms. The van der Waals surface area contributed by atoms with Crippen molar-refractivity contribution in [1.29, 1.82) is 0 Å². The van der Waals surface area contributed by atoms with Gasteiger partial charge in [0.05, 0.1) is 23.6 Å². The lowest BCUT2D eigenvalue weighted by Crippen LogP contribution is -2.43. The summed E-state index contributed by atoms with van der Waals surface area (Å²) in [6.45, 7) is 6.39. The summed E-state index contributed by atoms with van der Waals surface area (Å²) in [4.78, 5) is 13.8. The second-order valence-corrected chi connectivity index (χ2v) is 8.54. The Kier molecular flexibility index (Phi) is 6.28. The van der Waals surface area contributed by atoms with Crippen LogP contribution < -0.4 is 4.72 Å². The first-order chi connectivity index (χ1) is 13.4. The number of carbonyl (C=O) groups excluding carboxylic acids is 1. The van der Waals surface area contributed by atoms with Gasteiger partial charge in [-0.2, -0.15) is 0 Å². The Morgan fingerprint density at radius 1 is 1.21 bits per heavy atom. The first-order valence-corrected chi connectivity index (χ1v) is 10.5. The molecule has 1 saturated heterocycles. The van der Waals surface area contributed by atoms with Gasteiger partial charge in [0.15, 0.2) is 0 Å². The van der Waals surface area contributed by atoms with Crippen molar-refractivity contribution < 1.29 is 17.9 Å². The summed E-state index contributed by atoms with van der Waals surface area (Å²) in [5.41, 5.74) is 2.12. The van der Waals surface area contributed by atoms with E-state index in [1.165, 1.54) is 18.2 Å². The molecular weight excluding hydrogens is 376 g/mol. The van der Waals surface area contributed by atoms with Crippen LogP contribution in [-0.2, 0) is 26.2 Å². The van der Waals surface area contributed by atoms with Gasteiger partial charge in [0.2, 0.25) is 15.9 Å². The number of aryl methyl sites for hydroxylation is 1. The number of carbonyl (C=O) groups is 1. The Morgan fingerprint density at radius 2 is 1.96 bits per heavy atom. The van der Waals surface area contributed by atoms with Crippen molar-refractivity contribution in [3.63, 3.8) is 0 Å². The molecule has 1 N–H and O–H groups in total. The van der Waals surface area contributed by atoms with E-state index in [9.17, 15) is 13.2 Å². The minimum Gasteiger partial charge on any atom is -0.370 e. The van der Waals surface area contributed by atoms with Gasteiger partial charge in [-0.05, 0) is 30.7 Å². The molecule has 2 atom stereocenters. The van der Waals surface area contributed by atoms with Crippen LogP contribution in [0.5, 0.6) is 0 Å². The standard InChI is InChI=1S/C21H24N2O4S/c1-3-21(24)23-13-19(22-28(25,26)18-10-5-4-6-11-18)20(14-23)27-15-17-9-7-8-16(2)12-17/h3-12,19-20,22H,1,13-15H2,2H3/t19-,20-/m1/s1. The lowest BCUT2D eigenvalue weighted by molar-refractivity contribution is -0.125. The van der Waals surface area contributed by atoms with Crippen LogP contribution in [0.15, 0.2) is 72.1 Å². The fourth-order valence-corrected chi connectivity index (χ4v) is 4.51. The van der Waals surface area contributed by atoms with Gasteiger partial charge in [0.25, 0.3) is 0 Å². The zero-order valence-electron chi connectivity index (χ0n) is 15.7. The van der Waals surface area contributed by atoms with E-state index in [-0.39, 0.29) is 17.3 Å². The lowest BCUT2D eigenvalue weighted by Gasteiger charge is -2.20. The summed E-state index contributed by atoms with van der Waals surface area (Å²) in [5, 5.41) is 0. The van der Waals surface area contributed by atoms with Gasteiger partial charge < -0.3 is 9.64 Å². The summed E-state index contributed by atoms with van der Waals surface area (Å²) in [6, 6.07) is 15.5. The molecule has 1 heterocycles. The minimum atomic E-state index is -3.72. The van der Waals surface area contributed by atoms with Gasteiger partial charge in [-0.3, -0.25) is 4.79 Å². The molecule has 6 nitrogen and oxygen atoms in total. The van der Waals surface area contributed by atoms with Gasteiger partial charge in [0, 0.05) is 13.1 Å². The molecule has 1 aliphatic rings. The van der Waals surface area contributed by atoms with Crippen molar-refractivity contribution in [2.75, 3.05) is 13.1 Å². The third-order valence-corrected chi connectivity index (χ3v) is 6.16. The summed E-state index contributed by atoms with van der Waals surface area (Å²) in [6.07, 6.45) is 0.772. The normalized spacial score (nSPS) is 19.5. The van der Waals surface area contributed by atoms with Crippen molar-refractivity contribution in [3.05, 3.63) is 78.4 Å². The second kappa shape index (κ2) is 8.68. The van der Waals surface area contributed by atoms with Crippen LogP contribution in [0.4, 0.5) is 0 Å². The van der Waals surface area contributed by atoms with Crippen LogP contribution in [-0.4, -0.2) is 44.5 Å². The van der Waals surface area contributed by atoms with E-state index in [4.69, 9.17) is 4.74 Å². The van der Waals surface area contributed by atoms with Crippen LogP contribution in [0.1, 0.15) is 11.1 Å². The zero-order valence-corrected chi connectivity index (χ0v) is 16.6. The predicted octanol–water partition coefficient (Wildman–Crippen LogP) is 2.26. The highest BCUT2D eigenvalue weighted by molar-refractivity contribution is 7.89. The summed E-state index contributed by atoms with van der Waals surface area (Å²) >= 11 is 0. The highest BCUT2D eigenvalue weighted by Gasteiger charge is 2.38. The van der Waals surface area contributed by atoms with Crippen molar-refractivity contribution in [2.45, 2.75) is 30.6 Å². The van der Waals surface area contributed by atoms with E-state index in [0.29, 0.717) is 13.2 Å². The number of nitrogens with zero attached hydrogens (tertiary/aromatic N) is 1. The monoisotopic (exact) mass is 400 g/mol. The quantitative estimate of drug-likeness (QED) is 0.724. The maximum Gasteiger partial charge on any atom is 0.246 e. The lowest BCUT2D eigenvalue weighted by atomic mass is 10.1. The summed E-state index contributed by atoms with van der Waals surface area (Å²) in [5.74, 6) is -0.245. The molecule has 0 aliphatic carbocycles. The van der Waals surface area contributed by atoms with E-state index < -0.39 is 22.2 Å². The molecule has 0 unspecified atom stereocenters. The van der Waals surface area contributed by atoms with Crippen molar-refractivity contribution in [1.82, 2.24) is 9.62 Å². The third kappa shape index (κ3) is 4.86. The van der Waals surface area contributed by atoms with E-state index in [1.807, 2.05) is 31.2 Å². The fraction of sp³-hybridized carbons (Fsp3) is 0.286. The Hall–Kier alpha value is -2.48. The number of sulfonamides is 1. The fourth-order valence-electron chi connectivity index (χ4n) is 3.24. The average molecular weight is 401 g/mol. The highest BCUT2D eigenvalue weighted by atomic mass is 32.2. The summed E-state index contributed by atoms with van der Waals surface area (Å²) in [7, 11) is -3.72. The van der Waals surface area contributed by atoms with E-state index in [1.54, 1.807) is 23.1 Å². The van der Waals surface area contributed by atoms with E-state index in [2.05, 4.69) is 11.3 Å². The molecular formula is C21H24N2O4S. The molecule has 3 rings (SSSR count). The van der Waals surface area contributed by atoms with Gasteiger partial charge in [0.1, 0.15) is 0 Å². The minimum absolute atomic E-state index is 0.181. The Balaban J connectivity index is 1.75. The summed E-state index contributed by atoms with van der Waals surface area (Å²) < 4.78 is 34.1. The molecule has 1 amide bonds. The largest absolute Gasteiger partial charge is 0.370 e. The zero-order chi connectivity index (χ0) is 20.1. The molecule has 0 spiro atoms. The highest BCUT2D eigenvalue weighted by Crippen LogP contribution is 2.19. The Bertz CT molecular complexity index is 944. The van der Waals surface area contributed by atoms with E-state index in [0.717, 1.165) is 11.1 Å². The van der Waals surface area contributed by atoms with Gasteiger partial charge in [-0.25, -0.2) is 13.1 Å². The molecule has 28 heavy (non-hydrogen) atoms. The average Bonchev–Trinajstić information content (AvgIpc) is 3.08. The second-order valence-electron chi connectivity index (χ2n) is 6.83. The number of benzene rings is 2. The predicted molar refractivity (Wildman–Crippen MR) is 107 cm³/mol. The molecule has 1 aliphatic heterocycles. The van der Waals surface area contributed by atoms with E-state index >= 15 is 0 Å². The number of nitrogens with one attached hydrogen (secondary N) is 1. The number of hydrogen-bond acceptors (Lipinski definition) is 4. The van der Waals surface area contributed by atoms with Crippen LogP contribution >= 0.6 is 0 Å². The number of amides is 1. The molecule has 2 aromatic carbocycles. The number of rotatable bonds is 7. The number of likely N-dealkylation sites (tertiary alicyclic amines) is 1. The first-order valence-electron chi connectivity index (χ1n) is 9.05. The van der Waals surface area contributed by atoms with Gasteiger partial charge in [-0.1, -0.05) is 54.6 Å². The molecule has 2 aromatic rings. The third-order valence-electron chi connectivity index (χ3n) is 4.66. The maximum absolute atomic E-state index is 12.7. The Labute approximate surface area is 165 Å². The Morgan fingerprint density at radius 3 is 2.64 bits per heavy atom.